The van der Waals surface area contributed by atoms with Crippen molar-refractivity contribution < 1.29 is 17.7 Å². The predicted octanol–water partition coefficient (Wildman–Crippen LogP) is 6.15. The second kappa shape index (κ2) is 13.0. The smallest absolute Gasteiger partial charge is 0.294 e. The van der Waals surface area contributed by atoms with E-state index in [-0.39, 0.29) is 23.0 Å². The third kappa shape index (κ3) is 6.44. The quantitative estimate of drug-likeness (QED) is 0.120. The highest BCUT2D eigenvalue weighted by Gasteiger charge is 2.24. The summed E-state index contributed by atoms with van der Waals surface area (Å²) in [4.78, 5) is 25.2. The summed E-state index contributed by atoms with van der Waals surface area (Å²) in [6, 6.07) is 19.7. The molecule has 0 atom stereocenters. The average molecular weight is 671 g/mol. The van der Waals surface area contributed by atoms with E-state index in [4.69, 9.17) is 4.98 Å². The van der Waals surface area contributed by atoms with Crippen molar-refractivity contribution in [1.29, 1.82) is 0 Å². The average Bonchev–Trinajstić information content (AvgIpc) is 3.63. The summed E-state index contributed by atoms with van der Waals surface area (Å²) < 4.78 is 44.9. The van der Waals surface area contributed by atoms with Gasteiger partial charge in [-0.25, -0.2) is 21.8 Å². The standard InChI is InChI=1S/C34H35FN8O4S/c1-5-41(18-17-39(2)3)30-14-12-25(20-31(30)43(44)45)36-34-37-32(28-21-40(4)29-13-11-24(35)19-27(28)29)26-15-16-42(33(26)38-34)48(46,47)22-23-9-7-6-8-10-23/h6-16,19-21H,5,17-18,22H2,1-4H3,(H,36,37,38). The molecule has 0 unspecified atom stereocenters. The van der Waals surface area contributed by atoms with E-state index in [2.05, 4.69) is 10.3 Å². The van der Waals surface area contributed by atoms with Crippen LogP contribution in [0.3, 0.4) is 0 Å². The number of nitro groups is 1. The van der Waals surface area contributed by atoms with E-state index < -0.39 is 20.8 Å². The number of aromatic nitrogens is 4. The molecular weight excluding hydrogens is 635 g/mol. The van der Waals surface area contributed by atoms with Crippen LogP contribution in [0.5, 0.6) is 0 Å². The Kier molecular flexibility index (Phi) is 8.86. The molecule has 3 heterocycles. The maximum Gasteiger partial charge on any atom is 0.294 e. The third-order valence-corrected chi connectivity index (χ3v) is 9.77. The van der Waals surface area contributed by atoms with Gasteiger partial charge in [-0.3, -0.25) is 10.1 Å². The van der Waals surface area contributed by atoms with Gasteiger partial charge >= 0.3 is 0 Å². The molecule has 0 aliphatic carbocycles. The molecule has 248 valence electrons. The van der Waals surface area contributed by atoms with Crippen LogP contribution in [-0.4, -0.2) is 70.5 Å². The van der Waals surface area contributed by atoms with E-state index >= 15 is 0 Å². The largest absolute Gasteiger partial charge is 0.365 e. The zero-order valence-corrected chi connectivity index (χ0v) is 27.8. The lowest BCUT2D eigenvalue weighted by atomic mass is 10.1. The van der Waals surface area contributed by atoms with E-state index in [1.807, 2.05) is 48.5 Å². The molecular formula is C34H35FN8O4S. The Bertz CT molecular complexity index is 2250. The first kappa shape index (κ1) is 32.6. The summed E-state index contributed by atoms with van der Waals surface area (Å²) in [5.74, 6) is -0.683. The molecule has 0 amide bonds. The van der Waals surface area contributed by atoms with Gasteiger partial charge in [0.2, 0.25) is 16.0 Å². The van der Waals surface area contributed by atoms with E-state index in [0.29, 0.717) is 58.6 Å². The van der Waals surface area contributed by atoms with E-state index in [1.165, 1.54) is 24.4 Å². The summed E-state index contributed by atoms with van der Waals surface area (Å²) in [6.45, 7) is 3.83. The van der Waals surface area contributed by atoms with Crippen LogP contribution >= 0.6 is 0 Å². The van der Waals surface area contributed by atoms with Gasteiger partial charge in [0.05, 0.1) is 16.4 Å². The summed E-state index contributed by atoms with van der Waals surface area (Å²) in [7, 11) is 1.77. The van der Waals surface area contributed by atoms with Gasteiger partial charge in [-0.1, -0.05) is 30.3 Å². The molecule has 0 aliphatic rings. The maximum atomic E-state index is 14.5. The number of halogens is 1. The van der Waals surface area contributed by atoms with Gasteiger partial charge in [-0.05, 0) is 63.0 Å². The lowest BCUT2D eigenvalue weighted by molar-refractivity contribution is -0.384. The number of fused-ring (bicyclic) bond motifs is 2. The van der Waals surface area contributed by atoms with Gasteiger partial charge in [-0.15, -0.1) is 0 Å². The van der Waals surface area contributed by atoms with Crippen LogP contribution in [0.2, 0.25) is 0 Å². The highest BCUT2D eigenvalue weighted by Crippen LogP contribution is 2.37. The first-order chi connectivity index (χ1) is 22.9. The van der Waals surface area contributed by atoms with E-state index in [9.17, 15) is 22.9 Å². The number of nitro benzene ring substituents is 1. The van der Waals surface area contributed by atoms with Crippen LogP contribution < -0.4 is 10.2 Å². The molecule has 12 nitrogen and oxygen atoms in total. The molecule has 0 radical (unpaired) electrons. The number of anilines is 3. The summed E-state index contributed by atoms with van der Waals surface area (Å²) in [6.07, 6.45) is 3.24. The van der Waals surface area contributed by atoms with Gasteiger partial charge < -0.3 is 19.7 Å². The topological polar surface area (TPSA) is 131 Å². The van der Waals surface area contributed by atoms with Gasteiger partial charge in [0.1, 0.15) is 11.5 Å². The molecule has 0 aliphatic heterocycles. The maximum absolute atomic E-state index is 14.5. The fourth-order valence-electron chi connectivity index (χ4n) is 5.80. The Balaban J connectivity index is 1.49. The third-order valence-electron chi connectivity index (χ3n) is 8.18. The monoisotopic (exact) mass is 670 g/mol. The zero-order chi connectivity index (χ0) is 34.2. The van der Waals surface area contributed by atoms with Crippen LogP contribution in [-0.2, 0) is 22.8 Å². The SMILES string of the molecule is CCN(CCN(C)C)c1ccc(Nc2nc(-c3cn(C)c4ccc(F)cc34)c3ccn(S(=O)(=O)Cc4ccccc4)c3n2)cc1[N+](=O)[O-]. The van der Waals surface area contributed by atoms with Crippen LogP contribution in [0.4, 0.5) is 27.4 Å². The van der Waals surface area contributed by atoms with Gasteiger partial charge in [0, 0.05) is 72.7 Å². The molecule has 48 heavy (non-hydrogen) atoms. The molecule has 0 spiro atoms. The molecule has 3 aromatic carbocycles. The molecule has 0 fully saturated rings. The normalized spacial score (nSPS) is 11.9. The fraction of sp³-hybridized carbons (Fsp3) is 0.235. The van der Waals surface area contributed by atoms with Crippen LogP contribution in [0.15, 0.2) is 85.2 Å². The van der Waals surface area contributed by atoms with Crippen molar-refractivity contribution in [2.75, 3.05) is 43.9 Å². The highest BCUT2D eigenvalue weighted by molar-refractivity contribution is 7.89. The van der Waals surface area contributed by atoms with Gasteiger partial charge in [0.15, 0.2) is 5.65 Å². The first-order valence-electron chi connectivity index (χ1n) is 15.3. The number of hydrogen-bond donors (Lipinski definition) is 1. The molecule has 0 bridgehead atoms. The number of nitrogens with one attached hydrogen (secondary N) is 1. The minimum Gasteiger partial charge on any atom is -0.365 e. The molecule has 6 rings (SSSR count). The zero-order valence-electron chi connectivity index (χ0n) is 27.0. The Morgan fingerprint density at radius 3 is 2.46 bits per heavy atom. The Labute approximate surface area is 277 Å². The second-order valence-corrected chi connectivity index (χ2v) is 13.6. The van der Waals surface area contributed by atoms with Gasteiger partial charge in [-0.2, -0.15) is 4.98 Å². The van der Waals surface area contributed by atoms with Crippen molar-refractivity contribution in [2.24, 2.45) is 7.05 Å². The number of nitrogens with zero attached hydrogens (tertiary/aromatic N) is 7. The van der Waals surface area contributed by atoms with Crippen molar-refractivity contribution in [2.45, 2.75) is 12.7 Å². The number of aryl methyl sites for hydroxylation is 1. The van der Waals surface area contributed by atoms with Gasteiger partial charge in [0.25, 0.3) is 5.69 Å². The summed E-state index contributed by atoms with van der Waals surface area (Å²) in [5, 5.41) is 16.3. The van der Waals surface area contributed by atoms with Crippen molar-refractivity contribution in [3.8, 4) is 11.3 Å². The lowest BCUT2D eigenvalue weighted by Gasteiger charge is -2.24. The Hall–Kier alpha value is -5.34. The molecule has 14 heteroatoms. The predicted molar refractivity (Wildman–Crippen MR) is 187 cm³/mol. The Morgan fingerprint density at radius 2 is 1.75 bits per heavy atom. The van der Waals surface area contributed by atoms with E-state index in [1.54, 1.807) is 54.7 Å². The number of hydrogen-bond acceptors (Lipinski definition) is 9. The van der Waals surface area contributed by atoms with Crippen molar-refractivity contribution >= 4 is 55.0 Å². The van der Waals surface area contributed by atoms with Crippen LogP contribution in [0, 0.1) is 15.9 Å². The van der Waals surface area contributed by atoms with Crippen LogP contribution in [0.25, 0.3) is 33.2 Å². The summed E-state index contributed by atoms with van der Waals surface area (Å²) in [5.41, 5.74) is 3.14. The van der Waals surface area contributed by atoms with Crippen molar-refractivity contribution in [3.05, 3.63) is 107 Å². The summed E-state index contributed by atoms with van der Waals surface area (Å²) >= 11 is 0. The minimum absolute atomic E-state index is 0.0165. The molecule has 1 N–H and O–H groups in total. The lowest BCUT2D eigenvalue weighted by Crippen LogP contribution is -2.32. The highest BCUT2D eigenvalue weighted by atomic mass is 32.2. The van der Waals surface area contributed by atoms with E-state index in [0.717, 1.165) is 9.49 Å². The minimum atomic E-state index is -3.94. The molecule has 0 saturated heterocycles. The molecule has 3 aromatic heterocycles. The second-order valence-electron chi connectivity index (χ2n) is 11.8. The fourth-order valence-corrected chi connectivity index (χ4v) is 7.20. The molecule has 0 saturated carbocycles. The first-order valence-corrected chi connectivity index (χ1v) is 16.9. The van der Waals surface area contributed by atoms with Crippen molar-refractivity contribution in [3.63, 3.8) is 0 Å². The van der Waals surface area contributed by atoms with Crippen molar-refractivity contribution in [1.82, 2.24) is 23.4 Å². The van der Waals surface area contributed by atoms with Crippen LogP contribution in [0.1, 0.15) is 12.5 Å². The Morgan fingerprint density at radius 1 is 0.979 bits per heavy atom. The number of rotatable bonds is 12. The number of benzene rings is 3. The number of likely N-dealkylation sites (N-methyl/N-ethyl adjacent to an activating group) is 2. The molecule has 6 aromatic rings.